The summed E-state index contributed by atoms with van der Waals surface area (Å²) in [6, 6.07) is 0.581. The molecule has 5 heteroatoms. The number of nitrogens with zero attached hydrogens (tertiary/aromatic N) is 1. The van der Waals surface area contributed by atoms with Crippen LogP contribution in [0.25, 0.3) is 0 Å². The SMILES string of the molecule is CNC1CCCN(CCCS(C)(=O)=O)C1. The predicted octanol–water partition coefficient (Wildman–Crippen LogP) is 0.105. The van der Waals surface area contributed by atoms with Gasteiger partial charge in [0.05, 0.1) is 5.75 Å². The molecule has 0 aromatic heterocycles. The molecule has 0 aliphatic carbocycles. The number of hydrogen-bond donors (Lipinski definition) is 1. The molecule has 1 aliphatic heterocycles. The van der Waals surface area contributed by atoms with Crippen molar-refractivity contribution in [3.8, 4) is 0 Å². The normalized spacial score (nSPS) is 24.3. The van der Waals surface area contributed by atoms with Gasteiger partial charge in [-0.1, -0.05) is 0 Å². The molecule has 0 amide bonds. The maximum atomic E-state index is 11.0. The van der Waals surface area contributed by atoms with Crippen molar-refractivity contribution in [2.75, 3.05) is 38.7 Å². The second kappa shape index (κ2) is 5.82. The predicted molar refractivity (Wildman–Crippen MR) is 62.8 cm³/mol. The van der Waals surface area contributed by atoms with E-state index in [0.717, 1.165) is 26.1 Å². The van der Waals surface area contributed by atoms with Crippen molar-refractivity contribution < 1.29 is 8.42 Å². The molecular formula is C10H22N2O2S. The summed E-state index contributed by atoms with van der Waals surface area (Å²) in [7, 11) is -0.796. The van der Waals surface area contributed by atoms with Crippen LogP contribution in [-0.4, -0.2) is 58.1 Å². The highest BCUT2D eigenvalue weighted by Crippen LogP contribution is 2.09. The smallest absolute Gasteiger partial charge is 0.147 e. The highest BCUT2D eigenvalue weighted by Gasteiger charge is 2.17. The Morgan fingerprint density at radius 3 is 2.80 bits per heavy atom. The molecule has 0 radical (unpaired) electrons. The van der Waals surface area contributed by atoms with Gasteiger partial charge >= 0.3 is 0 Å². The Bertz CT molecular complexity index is 277. The van der Waals surface area contributed by atoms with Crippen molar-refractivity contribution >= 4 is 9.84 Å². The van der Waals surface area contributed by atoms with E-state index in [4.69, 9.17) is 0 Å². The highest BCUT2D eigenvalue weighted by atomic mass is 32.2. The lowest BCUT2D eigenvalue weighted by Crippen LogP contribution is -2.44. The first-order valence-corrected chi connectivity index (χ1v) is 7.64. The van der Waals surface area contributed by atoms with Gasteiger partial charge in [0.15, 0.2) is 0 Å². The third-order valence-electron chi connectivity index (χ3n) is 2.90. The molecule has 1 N–H and O–H groups in total. The summed E-state index contributed by atoms with van der Waals surface area (Å²) in [6.45, 7) is 3.08. The summed E-state index contributed by atoms with van der Waals surface area (Å²) in [4.78, 5) is 2.36. The minimum atomic E-state index is -2.79. The summed E-state index contributed by atoms with van der Waals surface area (Å²) in [5.74, 6) is 0.313. The summed E-state index contributed by atoms with van der Waals surface area (Å²) in [5, 5.41) is 3.28. The average molecular weight is 234 g/mol. The summed E-state index contributed by atoms with van der Waals surface area (Å²) in [5.41, 5.74) is 0. The molecule has 0 saturated carbocycles. The Hall–Kier alpha value is -0.130. The lowest BCUT2D eigenvalue weighted by atomic mass is 10.1. The van der Waals surface area contributed by atoms with Gasteiger partial charge in [-0.15, -0.1) is 0 Å². The van der Waals surface area contributed by atoms with Gasteiger partial charge in [0.1, 0.15) is 9.84 Å². The second-order valence-corrected chi connectivity index (χ2v) is 6.67. The Kier molecular flexibility index (Phi) is 5.02. The zero-order valence-electron chi connectivity index (χ0n) is 9.70. The van der Waals surface area contributed by atoms with Crippen LogP contribution in [0.15, 0.2) is 0 Å². The van der Waals surface area contributed by atoms with Crippen LogP contribution >= 0.6 is 0 Å². The van der Waals surface area contributed by atoms with Crippen molar-refractivity contribution in [3.63, 3.8) is 0 Å². The zero-order valence-corrected chi connectivity index (χ0v) is 10.5. The van der Waals surface area contributed by atoms with E-state index in [1.807, 2.05) is 7.05 Å². The first-order chi connectivity index (χ1) is 7.01. The third kappa shape index (κ3) is 5.49. The van der Waals surface area contributed by atoms with Gasteiger partial charge in [-0.25, -0.2) is 8.42 Å². The maximum Gasteiger partial charge on any atom is 0.147 e. The standard InChI is InChI=1S/C10H22N2O2S/c1-11-10-5-3-6-12(9-10)7-4-8-15(2,13)14/h10-11H,3-9H2,1-2H3. The Labute approximate surface area is 93.0 Å². The van der Waals surface area contributed by atoms with Crippen molar-refractivity contribution in [3.05, 3.63) is 0 Å². The van der Waals surface area contributed by atoms with Gasteiger partial charge in [-0.3, -0.25) is 0 Å². The molecule has 1 saturated heterocycles. The minimum absolute atomic E-state index is 0.313. The van der Waals surface area contributed by atoms with Crippen LogP contribution in [0.4, 0.5) is 0 Å². The quantitative estimate of drug-likeness (QED) is 0.733. The van der Waals surface area contributed by atoms with Crippen LogP contribution < -0.4 is 5.32 Å². The number of likely N-dealkylation sites (N-methyl/N-ethyl adjacent to an activating group) is 1. The molecule has 1 atom stereocenters. The summed E-state index contributed by atoms with van der Waals surface area (Å²) < 4.78 is 21.9. The average Bonchev–Trinajstić information content (AvgIpc) is 2.16. The van der Waals surface area contributed by atoms with E-state index in [1.54, 1.807) is 0 Å². The number of hydrogen-bond acceptors (Lipinski definition) is 4. The molecule has 90 valence electrons. The molecule has 15 heavy (non-hydrogen) atoms. The summed E-state index contributed by atoms with van der Waals surface area (Å²) in [6.07, 6.45) is 4.51. The van der Waals surface area contributed by atoms with Gasteiger partial charge in [0, 0.05) is 18.8 Å². The molecule has 1 aliphatic rings. The van der Waals surface area contributed by atoms with Crippen LogP contribution in [0.2, 0.25) is 0 Å². The van der Waals surface area contributed by atoms with Gasteiger partial charge in [0.25, 0.3) is 0 Å². The molecule has 0 aromatic carbocycles. The number of nitrogens with one attached hydrogen (secondary N) is 1. The monoisotopic (exact) mass is 234 g/mol. The Morgan fingerprint density at radius 2 is 2.20 bits per heavy atom. The minimum Gasteiger partial charge on any atom is -0.316 e. The van der Waals surface area contributed by atoms with Crippen molar-refractivity contribution in [2.45, 2.75) is 25.3 Å². The number of likely N-dealkylation sites (tertiary alicyclic amines) is 1. The molecule has 0 aromatic rings. The van der Waals surface area contributed by atoms with E-state index in [2.05, 4.69) is 10.2 Å². The van der Waals surface area contributed by atoms with E-state index in [9.17, 15) is 8.42 Å². The molecular weight excluding hydrogens is 212 g/mol. The molecule has 1 fully saturated rings. The number of sulfone groups is 1. The fourth-order valence-corrected chi connectivity index (χ4v) is 2.70. The van der Waals surface area contributed by atoms with Crippen molar-refractivity contribution in [1.82, 2.24) is 10.2 Å². The summed E-state index contributed by atoms with van der Waals surface area (Å²) >= 11 is 0. The Balaban J connectivity index is 2.21. The van der Waals surface area contributed by atoms with Crippen LogP contribution in [0.5, 0.6) is 0 Å². The first-order valence-electron chi connectivity index (χ1n) is 5.58. The Morgan fingerprint density at radius 1 is 1.47 bits per heavy atom. The fraction of sp³-hybridized carbons (Fsp3) is 1.00. The largest absolute Gasteiger partial charge is 0.316 e. The lowest BCUT2D eigenvalue weighted by molar-refractivity contribution is 0.196. The molecule has 1 heterocycles. The molecule has 1 rings (SSSR count). The number of piperidine rings is 1. The van der Waals surface area contributed by atoms with E-state index >= 15 is 0 Å². The van der Waals surface area contributed by atoms with E-state index in [1.165, 1.54) is 19.1 Å². The maximum absolute atomic E-state index is 11.0. The topological polar surface area (TPSA) is 49.4 Å². The van der Waals surface area contributed by atoms with E-state index in [0.29, 0.717) is 11.8 Å². The fourth-order valence-electron chi connectivity index (χ4n) is 2.04. The van der Waals surface area contributed by atoms with Crippen molar-refractivity contribution in [2.24, 2.45) is 0 Å². The van der Waals surface area contributed by atoms with E-state index in [-0.39, 0.29) is 0 Å². The van der Waals surface area contributed by atoms with Crippen LogP contribution in [0.3, 0.4) is 0 Å². The molecule has 0 bridgehead atoms. The lowest BCUT2D eigenvalue weighted by Gasteiger charge is -2.32. The molecule has 0 spiro atoms. The third-order valence-corrected chi connectivity index (χ3v) is 3.93. The number of rotatable bonds is 5. The second-order valence-electron chi connectivity index (χ2n) is 4.41. The van der Waals surface area contributed by atoms with Crippen LogP contribution in [0, 0.1) is 0 Å². The highest BCUT2D eigenvalue weighted by molar-refractivity contribution is 7.90. The van der Waals surface area contributed by atoms with Gasteiger partial charge in [0.2, 0.25) is 0 Å². The zero-order chi connectivity index (χ0) is 11.3. The first kappa shape index (κ1) is 12.9. The van der Waals surface area contributed by atoms with Crippen LogP contribution in [-0.2, 0) is 9.84 Å². The van der Waals surface area contributed by atoms with Gasteiger partial charge in [-0.05, 0) is 39.4 Å². The van der Waals surface area contributed by atoms with Gasteiger partial charge in [-0.2, -0.15) is 0 Å². The molecule has 4 nitrogen and oxygen atoms in total. The molecule has 1 unspecified atom stereocenters. The van der Waals surface area contributed by atoms with Crippen LogP contribution in [0.1, 0.15) is 19.3 Å². The van der Waals surface area contributed by atoms with Crippen molar-refractivity contribution in [1.29, 1.82) is 0 Å². The van der Waals surface area contributed by atoms with Gasteiger partial charge < -0.3 is 10.2 Å². The van der Waals surface area contributed by atoms with E-state index < -0.39 is 9.84 Å².